The van der Waals surface area contributed by atoms with Crippen LogP contribution in [-0.2, 0) is 16.5 Å². The number of rotatable bonds is 7. The Morgan fingerprint density at radius 3 is 2.23 bits per heavy atom. The van der Waals surface area contributed by atoms with E-state index in [0.717, 1.165) is 23.8 Å². The minimum Gasteiger partial charge on any atom is -0.744 e. The third-order valence-corrected chi connectivity index (χ3v) is 4.69. The molecule has 0 aliphatic rings. The van der Waals surface area contributed by atoms with Crippen molar-refractivity contribution in [2.45, 2.75) is 50.3 Å². The summed E-state index contributed by atoms with van der Waals surface area (Å²) in [5.41, 5.74) is 1.12. The van der Waals surface area contributed by atoms with Gasteiger partial charge in [-0.2, -0.15) is 0 Å². The third kappa shape index (κ3) is 5.07. The summed E-state index contributed by atoms with van der Waals surface area (Å²) >= 11 is 0. The zero-order valence-corrected chi connectivity index (χ0v) is 16.2. The van der Waals surface area contributed by atoms with Crippen molar-refractivity contribution in [3.63, 3.8) is 0 Å². The minimum absolute atomic E-state index is 0. The van der Waals surface area contributed by atoms with Gasteiger partial charge in [-0.15, -0.1) is 0 Å². The van der Waals surface area contributed by atoms with Crippen LogP contribution < -0.4 is 29.6 Å². The Morgan fingerprint density at radius 2 is 1.55 bits per heavy atom. The first-order chi connectivity index (χ1) is 10.0. The number of hydrogen-bond donors (Lipinski definition) is 0. The first-order valence-electron chi connectivity index (χ1n) is 7.50. The number of aryl methyl sites for hydroxylation is 1. The normalized spacial score (nSPS) is 11.4. The van der Waals surface area contributed by atoms with Gasteiger partial charge in [0.2, 0.25) is 0 Å². The average molecular weight is 328 g/mol. The van der Waals surface area contributed by atoms with Gasteiger partial charge < -0.3 is 4.55 Å². The molecule has 2 aromatic rings. The zero-order valence-electron chi connectivity index (χ0n) is 13.3. The number of benzene rings is 2. The Kier molecular flexibility index (Phi) is 8.08. The summed E-state index contributed by atoms with van der Waals surface area (Å²) in [4.78, 5) is -0.118. The van der Waals surface area contributed by atoms with Gasteiger partial charge in [-0.3, -0.25) is 0 Å². The molecule has 0 radical (unpaired) electrons. The van der Waals surface area contributed by atoms with Crippen molar-refractivity contribution in [1.82, 2.24) is 0 Å². The maximum atomic E-state index is 11.3. The second-order valence-electron chi connectivity index (χ2n) is 5.39. The van der Waals surface area contributed by atoms with Crippen molar-refractivity contribution < 1.29 is 42.5 Å². The second kappa shape index (κ2) is 9.04. The molecule has 0 aromatic heterocycles. The average Bonchev–Trinajstić information content (AvgIpc) is 2.45. The fraction of sp³-hybridized carbons (Fsp3) is 0.412. The van der Waals surface area contributed by atoms with E-state index >= 15 is 0 Å². The maximum Gasteiger partial charge on any atom is 1.00 e. The van der Waals surface area contributed by atoms with Crippen molar-refractivity contribution in [1.29, 1.82) is 0 Å². The molecule has 0 saturated heterocycles. The zero-order chi connectivity index (χ0) is 15.3. The van der Waals surface area contributed by atoms with Crippen molar-refractivity contribution in [2.24, 2.45) is 0 Å². The Labute approximate surface area is 155 Å². The Morgan fingerprint density at radius 1 is 0.909 bits per heavy atom. The minimum atomic E-state index is -4.43. The van der Waals surface area contributed by atoms with Gasteiger partial charge in [0, 0.05) is 0 Å². The van der Waals surface area contributed by atoms with Crippen LogP contribution in [0.1, 0.15) is 44.6 Å². The molecule has 0 spiro atoms. The SMILES string of the molecule is CCCCCCCc1cccc2c(S(=O)(=O)[O-])cccc12.[Na+]. The number of unbranched alkanes of at least 4 members (excludes halogenated alkanes) is 4. The van der Waals surface area contributed by atoms with Gasteiger partial charge in [0.1, 0.15) is 10.1 Å². The fourth-order valence-electron chi connectivity index (χ4n) is 2.70. The van der Waals surface area contributed by atoms with Gasteiger partial charge in [0.15, 0.2) is 0 Å². The smallest absolute Gasteiger partial charge is 0.744 e. The summed E-state index contributed by atoms with van der Waals surface area (Å²) in [5, 5.41) is 1.42. The van der Waals surface area contributed by atoms with Crippen LogP contribution in [0, 0.1) is 0 Å². The molecule has 0 aliphatic heterocycles. The standard InChI is InChI=1S/C17H22O3S.Na/c1-2-3-4-5-6-9-14-10-7-12-16-15(14)11-8-13-17(16)21(18,19)20;/h7-8,10-13H,2-6,9H2,1H3,(H,18,19,20);/q;+1/p-1. The van der Waals surface area contributed by atoms with Crippen LogP contribution in [0.25, 0.3) is 10.8 Å². The van der Waals surface area contributed by atoms with Gasteiger partial charge in [-0.05, 0) is 35.2 Å². The quantitative estimate of drug-likeness (QED) is 0.437. The van der Waals surface area contributed by atoms with Gasteiger partial charge >= 0.3 is 29.6 Å². The third-order valence-electron chi connectivity index (χ3n) is 3.79. The summed E-state index contributed by atoms with van der Waals surface area (Å²) in [6.07, 6.45) is 6.91. The summed E-state index contributed by atoms with van der Waals surface area (Å²) in [6, 6.07) is 10.5. The molecule has 2 rings (SSSR count). The van der Waals surface area contributed by atoms with Crippen molar-refractivity contribution in [3.05, 3.63) is 42.0 Å². The van der Waals surface area contributed by atoms with Crippen LogP contribution in [0.5, 0.6) is 0 Å². The van der Waals surface area contributed by atoms with Gasteiger partial charge in [-0.25, -0.2) is 8.42 Å². The van der Waals surface area contributed by atoms with Crippen molar-refractivity contribution in [3.8, 4) is 0 Å². The molecule has 114 valence electrons. The summed E-state index contributed by atoms with van der Waals surface area (Å²) in [7, 11) is -4.43. The maximum absolute atomic E-state index is 11.3. The number of hydrogen-bond acceptors (Lipinski definition) is 3. The Hall–Kier alpha value is -0.390. The fourth-order valence-corrected chi connectivity index (χ4v) is 3.39. The molecule has 0 fully saturated rings. The first-order valence-corrected chi connectivity index (χ1v) is 8.91. The van der Waals surface area contributed by atoms with E-state index in [1.54, 1.807) is 12.1 Å². The summed E-state index contributed by atoms with van der Waals surface area (Å²) in [6.45, 7) is 2.19. The van der Waals surface area contributed by atoms with Crippen LogP contribution >= 0.6 is 0 Å². The van der Waals surface area contributed by atoms with E-state index in [1.165, 1.54) is 31.7 Å². The van der Waals surface area contributed by atoms with Crippen LogP contribution in [0.15, 0.2) is 41.3 Å². The van der Waals surface area contributed by atoms with E-state index < -0.39 is 10.1 Å². The van der Waals surface area contributed by atoms with E-state index in [1.807, 2.05) is 18.2 Å². The molecule has 0 amide bonds. The second-order valence-corrected chi connectivity index (χ2v) is 6.73. The predicted molar refractivity (Wildman–Crippen MR) is 84.4 cm³/mol. The Balaban J connectivity index is 0.00000242. The van der Waals surface area contributed by atoms with Crippen molar-refractivity contribution in [2.75, 3.05) is 0 Å². The summed E-state index contributed by atoms with van der Waals surface area (Å²) in [5.74, 6) is 0. The molecule has 22 heavy (non-hydrogen) atoms. The molecule has 0 saturated carbocycles. The van der Waals surface area contributed by atoms with Crippen LogP contribution in [0.4, 0.5) is 0 Å². The molecular formula is C17H21NaO3S. The number of fused-ring (bicyclic) bond motifs is 1. The molecule has 0 N–H and O–H groups in total. The van der Waals surface area contributed by atoms with E-state index in [-0.39, 0.29) is 34.5 Å². The van der Waals surface area contributed by atoms with Gasteiger partial charge in [-0.1, -0.05) is 62.9 Å². The van der Waals surface area contributed by atoms with Crippen LogP contribution in [0.2, 0.25) is 0 Å². The van der Waals surface area contributed by atoms with Crippen LogP contribution in [-0.4, -0.2) is 13.0 Å². The largest absolute Gasteiger partial charge is 1.00 e. The molecule has 0 aliphatic carbocycles. The van der Waals surface area contributed by atoms with E-state index in [0.29, 0.717) is 5.39 Å². The van der Waals surface area contributed by atoms with Gasteiger partial charge in [0.25, 0.3) is 0 Å². The van der Waals surface area contributed by atoms with Crippen LogP contribution in [0.3, 0.4) is 0 Å². The first kappa shape index (κ1) is 19.7. The molecule has 2 aromatic carbocycles. The van der Waals surface area contributed by atoms with Gasteiger partial charge in [0.05, 0.1) is 4.90 Å². The molecule has 3 nitrogen and oxygen atoms in total. The van der Waals surface area contributed by atoms with E-state index in [2.05, 4.69) is 6.92 Å². The van der Waals surface area contributed by atoms with Crippen molar-refractivity contribution >= 4 is 20.9 Å². The summed E-state index contributed by atoms with van der Waals surface area (Å²) < 4.78 is 34.0. The molecule has 5 heteroatoms. The van der Waals surface area contributed by atoms with E-state index in [9.17, 15) is 13.0 Å². The molecular weight excluding hydrogens is 307 g/mol. The molecule has 0 bridgehead atoms. The molecule has 0 atom stereocenters. The van der Waals surface area contributed by atoms with E-state index in [4.69, 9.17) is 0 Å². The Bertz CT molecular complexity index is 711. The molecule has 0 heterocycles. The predicted octanol–water partition coefficient (Wildman–Crippen LogP) is 1.26. The molecule has 0 unspecified atom stereocenters. The topological polar surface area (TPSA) is 57.2 Å². The monoisotopic (exact) mass is 328 g/mol.